The molecular formula is C19H24N8. The Kier molecular flexibility index (Phi) is 4.47. The van der Waals surface area contributed by atoms with E-state index >= 15 is 0 Å². The molecule has 1 N–H and O–H groups in total. The maximum Gasteiger partial charge on any atom is 0.228 e. The van der Waals surface area contributed by atoms with Crippen molar-refractivity contribution in [1.82, 2.24) is 30.1 Å². The second-order valence-corrected chi connectivity index (χ2v) is 7.71. The minimum Gasteiger partial charge on any atom is -0.352 e. The molecule has 1 saturated heterocycles. The van der Waals surface area contributed by atoms with Crippen molar-refractivity contribution in [3.8, 4) is 11.3 Å². The highest BCUT2D eigenvalue weighted by Gasteiger charge is 2.23. The molecule has 1 fully saturated rings. The molecule has 1 aliphatic rings. The van der Waals surface area contributed by atoms with Crippen LogP contribution in [0.15, 0.2) is 36.9 Å². The molecule has 8 heteroatoms. The summed E-state index contributed by atoms with van der Waals surface area (Å²) in [6, 6.07) is 6.03. The van der Waals surface area contributed by atoms with Crippen molar-refractivity contribution in [3.63, 3.8) is 0 Å². The van der Waals surface area contributed by atoms with Crippen LogP contribution in [0.4, 0.5) is 11.8 Å². The quantitative estimate of drug-likeness (QED) is 0.763. The lowest BCUT2D eigenvalue weighted by atomic mass is 9.96. The van der Waals surface area contributed by atoms with E-state index in [0.717, 1.165) is 55.0 Å². The highest BCUT2D eigenvalue weighted by molar-refractivity contribution is 5.62. The average Bonchev–Trinajstić information content (AvgIpc) is 3.19. The van der Waals surface area contributed by atoms with E-state index in [1.807, 2.05) is 18.3 Å². The standard InChI is InChI=1S/C19H24N8/c1-19(2,3)17-21-13-22-18(23-17)27-9-7-26(8-10-27)16-11-15(24-25-16)14-5-4-6-20-12-14/h4-6,11-13H,7-10H2,1-3H3,(H,24,25). The van der Waals surface area contributed by atoms with Crippen molar-refractivity contribution in [3.05, 3.63) is 42.7 Å². The van der Waals surface area contributed by atoms with Crippen LogP contribution in [-0.4, -0.2) is 56.3 Å². The molecule has 0 bridgehead atoms. The molecule has 0 amide bonds. The summed E-state index contributed by atoms with van der Waals surface area (Å²) in [6.07, 6.45) is 5.22. The van der Waals surface area contributed by atoms with Crippen LogP contribution >= 0.6 is 0 Å². The van der Waals surface area contributed by atoms with E-state index in [1.54, 1.807) is 12.5 Å². The Hall–Kier alpha value is -3.03. The topological polar surface area (TPSA) is 86.7 Å². The van der Waals surface area contributed by atoms with Crippen LogP contribution in [0.25, 0.3) is 11.3 Å². The first-order valence-electron chi connectivity index (χ1n) is 9.16. The summed E-state index contributed by atoms with van der Waals surface area (Å²) in [5.41, 5.74) is 1.93. The lowest BCUT2D eigenvalue weighted by Crippen LogP contribution is -2.47. The SMILES string of the molecule is CC(C)(C)c1ncnc(N2CCN(c3cc(-c4cccnc4)[nH]n3)CC2)n1. The van der Waals surface area contributed by atoms with Crippen LogP contribution in [0, 0.1) is 0 Å². The Morgan fingerprint density at radius 2 is 1.81 bits per heavy atom. The van der Waals surface area contributed by atoms with E-state index in [1.165, 1.54) is 0 Å². The third kappa shape index (κ3) is 3.74. The van der Waals surface area contributed by atoms with Crippen LogP contribution in [-0.2, 0) is 5.41 Å². The zero-order chi connectivity index (χ0) is 18.9. The van der Waals surface area contributed by atoms with Gasteiger partial charge >= 0.3 is 0 Å². The monoisotopic (exact) mass is 364 g/mol. The van der Waals surface area contributed by atoms with Crippen LogP contribution in [0.3, 0.4) is 0 Å². The number of nitrogens with one attached hydrogen (secondary N) is 1. The molecule has 0 spiro atoms. The summed E-state index contributed by atoms with van der Waals surface area (Å²) in [4.78, 5) is 22.0. The largest absolute Gasteiger partial charge is 0.352 e. The summed E-state index contributed by atoms with van der Waals surface area (Å²) in [7, 11) is 0. The number of aromatic amines is 1. The summed E-state index contributed by atoms with van der Waals surface area (Å²) in [5.74, 6) is 2.54. The summed E-state index contributed by atoms with van der Waals surface area (Å²) in [6.45, 7) is 9.78. The molecular weight excluding hydrogens is 340 g/mol. The predicted octanol–water partition coefficient (Wildman–Crippen LogP) is 2.28. The molecule has 0 aromatic carbocycles. The second kappa shape index (κ2) is 6.94. The van der Waals surface area contributed by atoms with Gasteiger partial charge in [-0.3, -0.25) is 10.1 Å². The Bertz CT molecular complexity index is 891. The lowest BCUT2D eigenvalue weighted by molar-refractivity contribution is 0.536. The van der Waals surface area contributed by atoms with Gasteiger partial charge in [-0.25, -0.2) is 9.97 Å². The summed E-state index contributed by atoms with van der Waals surface area (Å²) < 4.78 is 0. The van der Waals surface area contributed by atoms with Crippen LogP contribution in [0.1, 0.15) is 26.6 Å². The second-order valence-electron chi connectivity index (χ2n) is 7.71. The molecule has 4 rings (SSSR count). The first-order valence-corrected chi connectivity index (χ1v) is 9.16. The molecule has 0 saturated carbocycles. The van der Waals surface area contributed by atoms with Gasteiger partial charge in [-0.05, 0) is 12.1 Å². The summed E-state index contributed by atoms with van der Waals surface area (Å²) >= 11 is 0. The molecule has 0 atom stereocenters. The van der Waals surface area contributed by atoms with Crippen molar-refractivity contribution < 1.29 is 0 Å². The Morgan fingerprint density at radius 1 is 1.04 bits per heavy atom. The van der Waals surface area contributed by atoms with E-state index in [-0.39, 0.29) is 5.41 Å². The third-order valence-corrected chi connectivity index (χ3v) is 4.65. The van der Waals surface area contributed by atoms with Crippen molar-refractivity contribution in [1.29, 1.82) is 0 Å². The van der Waals surface area contributed by atoms with Crippen molar-refractivity contribution >= 4 is 11.8 Å². The van der Waals surface area contributed by atoms with E-state index in [2.05, 4.69) is 66.8 Å². The molecule has 140 valence electrons. The maximum absolute atomic E-state index is 4.67. The van der Waals surface area contributed by atoms with E-state index in [0.29, 0.717) is 0 Å². The zero-order valence-corrected chi connectivity index (χ0v) is 15.9. The van der Waals surface area contributed by atoms with Gasteiger partial charge in [0.1, 0.15) is 12.2 Å². The van der Waals surface area contributed by atoms with Gasteiger partial charge in [-0.15, -0.1) is 0 Å². The molecule has 3 aromatic rings. The minimum atomic E-state index is -0.0861. The number of aromatic nitrogens is 6. The fraction of sp³-hybridized carbons (Fsp3) is 0.421. The molecule has 3 aromatic heterocycles. The average molecular weight is 364 g/mol. The third-order valence-electron chi connectivity index (χ3n) is 4.65. The first kappa shape index (κ1) is 17.4. The molecule has 0 radical (unpaired) electrons. The number of H-pyrrole nitrogens is 1. The highest BCUT2D eigenvalue weighted by atomic mass is 15.4. The Balaban J connectivity index is 1.43. The van der Waals surface area contributed by atoms with Gasteiger partial charge in [0.05, 0.1) is 5.69 Å². The molecule has 0 unspecified atom stereocenters. The predicted molar refractivity (Wildman–Crippen MR) is 105 cm³/mol. The van der Waals surface area contributed by atoms with E-state index in [9.17, 15) is 0 Å². The number of anilines is 2. The van der Waals surface area contributed by atoms with Gasteiger partial charge < -0.3 is 9.80 Å². The zero-order valence-electron chi connectivity index (χ0n) is 15.9. The number of pyridine rings is 1. The smallest absolute Gasteiger partial charge is 0.228 e. The van der Waals surface area contributed by atoms with Crippen LogP contribution in [0.2, 0.25) is 0 Å². The van der Waals surface area contributed by atoms with Gasteiger partial charge in [0.15, 0.2) is 5.82 Å². The van der Waals surface area contributed by atoms with Crippen molar-refractivity contribution in [2.75, 3.05) is 36.0 Å². The first-order chi connectivity index (χ1) is 13.0. The molecule has 27 heavy (non-hydrogen) atoms. The lowest BCUT2D eigenvalue weighted by Gasteiger charge is -2.35. The molecule has 1 aliphatic heterocycles. The van der Waals surface area contributed by atoms with Crippen molar-refractivity contribution in [2.45, 2.75) is 26.2 Å². The van der Waals surface area contributed by atoms with Gasteiger partial charge in [-0.2, -0.15) is 10.1 Å². The molecule has 4 heterocycles. The minimum absolute atomic E-state index is 0.0861. The summed E-state index contributed by atoms with van der Waals surface area (Å²) in [5, 5.41) is 7.58. The van der Waals surface area contributed by atoms with E-state index in [4.69, 9.17) is 0 Å². The number of hydrogen-bond acceptors (Lipinski definition) is 7. The fourth-order valence-electron chi connectivity index (χ4n) is 3.08. The Labute approximate surface area is 158 Å². The van der Waals surface area contributed by atoms with Gasteiger partial charge in [0.2, 0.25) is 5.95 Å². The number of hydrogen-bond donors (Lipinski definition) is 1. The number of piperazine rings is 1. The Morgan fingerprint density at radius 3 is 2.52 bits per heavy atom. The van der Waals surface area contributed by atoms with Crippen LogP contribution in [0.5, 0.6) is 0 Å². The molecule has 8 nitrogen and oxygen atoms in total. The maximum atomic E-state index is 4.67. The van der Waals surface area contributed by atoms with Gasteiger partial charge in [-0.1, -0.05) is 20.8 Å². The number of nitrogens with zero attached hydrogens (tertiary/aromatic N) is 7. The van der Waals surface area contributed by atoms with Gasteiger partial charge in [0.25, 0.3) is 0 Å². The molecule has 0 aliphatic carbocycles. The number of rotatable bonds is 3. The van der Waals surface area contributed by atoms with Crippen LogP contribution < -0.4 is 9.80 Å². The van der Waals surface area contributed by atoms with Gasteiger partial charge in [0, 0.05) is 55.6 Å². The highest BCUT2D eigenvalue weighted by Crippen LogP contribution is 2.23. The van der Waals surface area contributed by atoms with E-state index < -0.39 is 0 Å². The van der Waals surface area contributed by atoms with Crippen molar-refractivity contribution in [2.24, 2.45) is 0 Å². The normalized spacial score (nSPS) is 15.2. The fourth-order valence-corrected chi connectivity index (χ4v) is 3.08.